The van der Waals surface area contributed by atoms with Crippen molar-refractivity contribution in [2.24, 2.45) is 0 Å². The molecule has 3 nitrogen and oxygen atoms in total. The molecule has 3 heteroatoms. The number of rotatable bonds is 5. The molecule has 1 unspecified atom stereocenters. The van der Waals surface area contributed by atoms with Gasteiger partial charge in [0.15, 0.2) is 11.5 Å². The van der Waals surface area contributed by atoms with E-state index in [4.69, 9.17) is 10.8 Å². The molecule has 88 valence electrons. The molecule has 1 aliphatic heterocycles. The van der Waals surface area contributed by atoms with Crippen molar-refractivity contribution in [3.05, 3.63) is 23.8 Å². The van der Waals surface area contributed by atoms with Crippen molar-refractivity contribution in [3.63, 3.8) is 0 Å². The minimum atomic E-state index is 0.326. The van der Waals surface area contributed by atoms with E-state index in [2.05, 4.69) is 18.3 Å². The second kappa shape index (κ2) is 5.21. The predicted molar refractivity (Wildman–Crippen MR) is 64.0 cm³/mol. The van der Waals surface area contributed by atoms with E-state index in [-0.39, 0.29) is 0 Å². The average molecular weight is 222 g/mol. The van der Waals surface area contributed by atoms with Gasteiger partial charge in [-0.05, 0) is 37.1 Å². The summed E-state index contributed by atoms with van der Waals surface area (Å²) in [7, 11) is 0. The summed E-state index contributed by atoms with van der Waals surface area (Å²) in [4.78, 5) is 0. The van der Waals surface area contributed by atoms with E-state index in [1.807, 2.05) is 12.1 Å². The Hall–Kier alpha value is -1.22. The van der Waals surface area contributed by atoms with E-state index in [9.17, 15) is 0 Å². The van der Waals surface area contributed by atoms with Crippen LogP contribution in [0.15, 0.2) is 18.2 Å². The average Bonchev–Trinajstić information content (AvgIpc) is 2.81. The highest BCUT2D eigenvalue weighted by Crippen LogP contribution is 2.32. The Morgan fingerprint density at radius 2 is 2.31 bits per heavy atom. The third-order valence-electron chi connectivity index (χ3n) is 2.84. The monoisotopic (exact) mass is 222 g/mol. The van der Waals surface area contributed by atoms with Gasteiger partial charge in [0.1, 0.15) is 0 Å². The first-order valence-electron chi connectivity index (χ1n) is 6.45. The van der Waals surface area contributed by atoms with Crippen molar-refractivity contribution in [2.75, 3.05) is 13.3 Å². The van der Waals surface area contributed by atoms with E-state index in [0.29, 0.717) is 19.7 Å². The molecule has 1 heterocycles. The van der Waals surface area contributed by atoms with Crippen molar-refractivity contribution in [2.45, 2.75) is 32.7 Å². The maximum Gasteiger partial charge on any atom is 0.231 e. The summed E-state index contributed by atoms with van der Waals surface area (Å²) in [6.45, 7) is 3.67. The first kappa shape index (κ1) is 9.97. The standard InChI is InChI=1S/C13H19NO2/c1-3-11(14-4-2)7-10-5-6-12-13(8-10)16-9-15-12/h5-6,8,11,14H,3-4,7,9H2,1-2H3/i2D. The molecule has 0 aliphatic carbocycles. The van der Waals surface area contributed by atoms with Crippen LogP contribution < -0.4 is 14.8 Å². The Morgan fingerprint density at radius 3 is 3.12 bits per heavy atom. The molecule has 0 spiro atoms. The Kier molecular flexibility index (Phi) is 3.25. The second-order valence-corrected chi connectivity index (χ2v) is 3.95. The first-order chi connectivity index (χ1) is 8.33. The van der Waals surface area contributed by atoms with Crippen LogP contribution in [0.25, 0.3) is 0 Å². The lowest BCUT2D eigenvalue weighted by atomic mass is 10.0. The third-order valence-corrected chi connectivity index (χ3v) is 2.84. The van der Waals surface area contributed by atoms with Gasteiger partial charge in [-0.3, -0.25) is 0 Å². The molecule has 16 heavy (non-hydrogen) atoms. The molecule has 0 fully saturated rings. The predicted octanol–water partition coefficient (Wildman–Crippen LogP) is 2.35. The van der Waals surface area contributed by atoms with E-state index >= 15 is 0 Å². The fourth-order valence-corrected chi connectivity index (χ4v) is 1.92. The van der Waals surface area contributed by atoms with Crippen LogP contribution in [0.4, 0.5) is 0 Å². The molecule has 0 amide bonds. The van der Waals surface area contributed by atoms with Crippen molar-refractivity contribution < 1.29 is 10.8 Å². The molecule has 0 aromatic heterocycles. The minimum absolute atomic E-state index is 0.326. The molecular weight excluding hydrogens is 202 g/mol. The van der Waals surface area contributed by atoms with Crippen LogP contribution in [0.1, 0.15) is 27.2 Å². The summed E-state index contributed by atoms with van der Waals surface area (Å²) >= 11 is 0. The highest BCUT2D eigenvalue weighted by atomic mass is 16.7. The Bertz CT molecular complexity index is 370. The van der Waals surface area contributed by atoms with Gasteiger partial charge >= 0.3 is 0 Å². The van der Waals surface area contributed by atoms with Crippen LogP contribution in [-0.2, 0) is 6.42 Å². The molecule has 0 saturated carbocycles. The van der Waals surface area contributed by atoms with Gasteiger partial charge in [0, 0.05) is 7.41 Å². The van der Waals surface area contributed by atoms with Crippen molar-refractivity contribution in [1.82, 2.24) is 5.32 Å². The normalized spacial score (nSPS) is 15.9. The molecule has 1 atom stereocenters. The van der Waals surface area contributed by atoms with Gasteiger partial charge in [-0.2, -0.15) is 0 Å². The number of ether oxygens (including phenoxy) is 2. The van der Waals surface area contributed by atoms with E-state index < -0.39 is 0 Å². The van der Waals surface area contributed by atoms with Crippen LogP contribution in [0.3, 0.4) is 0 Å². The highest BCUT2D eigenvalue weighted by Gasteiger charge is 2.14. The van der Waals surface area contributed by atoms with E-state index in [0.717, 1.165) is 30.9 Å². The quantitative estimate of drug-likeness (QED) is 0.829. The van der Waals surface area contributed by atoms with Crippen LogP contribution in [0.5, 0.6) is 11.5 Å². The lowest BCUT2D eigenvalue weighted by molar-refractivity contribution is 0.174. The van der Waals surface area contributed by atoms with Crippen molar-refractivity contribution >= 4 is 0 Å². The SMILES string of the molecule is [2H]CCNC(CC)Cc1ccc2c(c1)OCO2. The zero-order chi connectivity index (χ0) is 12.1. The smallest absolute Gasteiger partial charge is 0.231 e. The second-order valence-electron chi connectivity index (χ2n) is 3.95. The number of hydrogen-bond donors (Lipinski definition) is 1. The molecule has 1 N–H and O–H groups in total. The molecule has 0 radical (unpaired) electrons. The zero-order valence-corrected chi connectivity index (χ0v) is 9.66. The van der Waals surface area contributed by atoms with Crippen molar-refractivity contribution in [3.8, 4) is 11.5 Å². The van der Waals surface area contributed by atoms with Crippen molar-refractivity contribution in [1.29, 1.82) is 0 Å². The molecule has 2 rings (SSSR count). The summed E-state index contributed by atoms with van der Waals surface area (Å²) in [6, 6.07) is 6.53. The summed E-state index contributed by atoms with van der Waals surface area (Å²) < 4.78 is 17.8. The number of hydrogen-bond acceptors (Lipinski definition) is 3. The summed E-state index contributed by atoms with van der Waals surface area (Å²) in [6.07, 6.45) is 2.03. The lowest BCUT2D eigenvalue weighted by Crippen LogP contribution is -2.30. The Labute approximate surface area is 98.2 Å². The molecule has 1 aliphatic rings. The van der Waals surface area contributed by atoms with Gasteiger partial charge in [0.25, 0.3) is 0 Å². The molecule has 1 aromatic rings. The molecular formula is C13H19NO2. The number of nitrogens with one attached hydrogen (secondary N) is 1. The topological polar surface area (TPSA) is 30.5 Å². The van der Waals surface area contributed by atoms with E-state index in [1.54, 1.807) is 0 Å². The zero-order valence-electron chi connectivity index (χ0n) is 10.7. The fourth-order valence-electron chi connectivity index (χ4n) is 1.92. The van der Waals surface area contributed by atoms with Crippen LogP contribution >= 0.6 is 0 Å². The largest absolute Gasteiger partial charge is 0.454 e. The lowest BCUT2D eigenvalue weighted by Gasteiger charge is -2.15. The molecule has 0 saturated heterocycles. The molecule has 0 bridgehead atoms. The number of benzene rings is 1. The summed E-state index contributed by atoms with van der Waals surface area (Å²) in [5.74, 6) is 1.68. The van der Waals surface area contributed by atoms with Gasteiger partial charge in [0.05, 0.1) is 0 Å². The van der Waals surface area contributed by atoms with E-state index in [1.165, 1.54) is 5.56 Å². The van der Waals surface area contributed by atoms with Crippen LogP contribution in [0, 0.1) is 0 Å². The summed E-state index contributed by atoms with van der Waals surface area (Å²) in [5, 5.41) is 3.38. The minimum Gasteiger partial charge on any atom is -0.454 e. The Balaban J connectivity index is 1.97. The summed E-state index contributed by atoms with van der Waals surface area (Å²) in [5.41, 5.74) is 1.25. The van der Waals surface area contributed by atoms with Gasteiger partial charge in [-0.1, -0.05) is 19.9 Å². The van der Waals surface area contributed by atoms with Gasteiger partial charge < -0.3 is 14.8 Å². The van der Waals surface area contributed by atoms with Crippen LogP contribution in [-0.4, -0.2) is 19.4 Å². The first-order valence-corrected chi connectivity index (χ1v) is 5.74. The van der Waals surface area contributed by atoms with Gasteiger partial charge in [0.2, 0.25) is 6.79 Å². The van der Waals surface area contributed by atoms with Gasteiger partial charge in [-0.25, -0.2) is 0 Å². The maximum absolute atomic E-state index is 7.15. The Morgan fingerprint density at radius 1 is 1.44 bits per heavy atom. The maximum atomic E-state index is 7.15. The number of fused-ring (bicyclic) bond motifs is 1. The fraction of sp³-hybridized carbons (Fsp3) is 0.538. The third kappa shape index (κ3) is 2.47. The highest BCUT2D eigenvalue weighted by molar-refractivity contribution is 5.44. The van der Waals surface area contributed by atoms with Crippen LogP contribution in [0.2, 0.25) is 0 Å². The number of likely N-dealkylation sites (N-methyl/N-ethyl adjacent to an activating group) is 1. The van der Waals surface area contributed by atoms with Gasteiger partial charge in [-0.15, -0.1) is 0 Å². The molecule has 1 aromatic carbocycles.